The molecule has 1 N–H and O–H groups in total. The summed E-state index contributed by atoms with van der Waals surface area (Å²) in [6.45, 7) is 2.37. The van der Waals surface area contributed by atoms with Crippen LogP contribution in [0.3, 0.4) is 0 Å². The van der Waals surface area contributed by atoms with Crippen molar-refractivity contribution in [2.75, 3.05) is 12.8 Å². The van der Waals surface area contributed by atoms with Crippen LogP contribution in [-0.4, -0.2) is 32.5 Å². The van der Waals surface area contributed by atoms with Gasteiger partial charge in [0.15, 0.2) is 9.84 Å². The molecule has 84 valence electrons. The molecule has 1 aliphatic carbocycles. The lowest BCUT2D eigenvalue weighted by Crippen LogP contribution is -2.38. The molecule has 0 aromatic carbocycles. The van der Waals surface area contributed by atoms with Gasteiger partial charge in [0.05, 0.1) is 5.25 Å². The van der Waals surface area contributed by atoms with E-state index in [4.69, 9.17) is 0 Å². The highest BCUT2D eigenvalue weighted by atomic mass is 32.2. The molecule has 1 aliphatic rings. The predicted octanol–water partition coefficient (Wildman–Crippen LogP) is 1.34. The third-order valence-corrected chi connectivity index (χ3v) is 4.66. The van der Waals surface area contributed by atoms with Crippen LogP contribution in [0.5, 0.6) is 0 Å². The smallest absolute Gasteiger partial charge is 0.151 e. The molecule has 14 heavy (non-hydrogen) atoms. The van der Waals surface area contributed by atoms with E-state index < -0.39 is 9.84 Å². The topological polar surface area (TPSA) is 46.2 Å². The molecule has 0 aliphatic heterocycles. The summed E-state index contributed by atoms with van der Waals surface area (Å²) in [5, 5.41) is 3.09. The summed E-state index contributed by atoms with van der Waals surface area (Å²) >= 11 is 0. The Morgan fingerprint density at radius 2 is 1.86 bits per heavy atom. The molecule has 0 bridgehead atoms. The van der Waals surface area contributed by atoms with Gasteiger partial charge in [-0.2, -0.15) is 0 Å². The average Bonchev–Trinajstić information content (AvgIpc) is 2.14. The second-order valence-corrected chi connectivity index (χ2v) is 6.85. The van der Waals surface area contributed by atoms with Crippen LogP contribution in [0.25, 0.3) is 0 Å². The van der Waals surface area contributed by atoms with Crippen LogP contribution in [0.2, 0.25) is 0 Å². The summed E-state index contributed by atoms with van der Waals surface area (Å²) in [6.07, 6.45) is 7.61. The Labute approximate surface area is 87.2 Å². The molecule has 1 unspecified atom stereocenters. The fourth-order valence-corrected chi connectivity index (χ4v) is 2.19. The molecule has 0 radical (unpaired) electrons. The minimum Gasteiger partial charge on any atom is -0.313 e. The molecule has 1 saturated carbocycles. The zero-order valence-corrected chi connectivity index (χ0v) is 9.94. The summed E-state index contributed by atoms with van der Waals surface area (Å²) in [7, 11) is -2.87. The van der Waals surface area contributed by atoms with Gasteiger partial charge in [0.1, 0.15) is 0 Å². The molecule has 0 spiro atoms. The number of nitrogens with one attached hydrogen (secondary N) is 1. The molecule has 1 atom stereocenters. The number of sulfone groups is 1. The average molecular weight is 219 g/mol. The van der Waals surface area contributed by atoms with E-state index in [0.29, 0.717) is 12.6 Å². The first-order valence-corrected chi connectivity index (χ1v) is 7.38. The van der Waals surface area contributed by atoms with Gasteiger partial charge in [-0.15, -0.1) is 0 Å². The van der Waals surface area contributed by atoms with Gasteiger partial charge in [0, 0.05) is 18.8 Å². The van der Waals surface area contributed by atoms with E-state index in [0.717, 1.165) is 0 Å². The minimum absolute atomic E-state index is 0.260. The monoisotopic (exact) mass is 219 g/mol. The Bertz CT molecular complexity index is 255. The lowest BCUT2D eigenvalue weighted by atomic mass is 9.95. The summed E-state index contributed by atoms with van der Waals surface area (Å²) < 4.78 is 22.3. The zero-order chi connectivity index (χ0) is 10.6. The molecule has 0 heterocycles. The van der Waals surface area contributed by atoms with Crippen molar-refractivity contribution in [3.05, 3.63) is 0 Å². The minimum atomic E-state index is -2.87. The molecule has 3 nitrogen and oxygen atoms in total. The van der Waals surface area contributed by atoms with Crippen LogP contribution in [0, 0.1) is 0 Å². The quantitative estimate of drug-likeness (QED) is 0.776. The number of hydrogen-bond acceptors (Lipinski definition) is 3. The Balaban J connectivity index is 2.25. The van der Waals surface area contributed by atoms with E-state index in [1.165, 1.54) is 38.4 Å². The Morgan fingerprint density at radius 1 is 1.29 bits per heavy atom. The normalized spacial score (nSPS) is 22.1. The van der Waals surface area contributed by atoms with Crippen LogP contribution < -0.4 is 5.32 Å². The zero-order valence-electron chi connectivity index (χ0n) is 9.12. The highest BCUT2D eigenvalue weighted by Gasteiger charge is 2.18. The van der Waals surface area contributed by atoms with E-state index >= 15 is 0 Å². The summed E-state index contributed by atoms with van der Waals surface area (Å²) in [4.78, 5) is 0. The standard InChI is InChI=1S/C10H21NO2S/c1-9(14(2,12)13)8-11-10-6-4-3-5-7-10/h9-11H,3-8H2,1-2H3. The maximum Gasteiger partial charge on any atom is 0.151 e. The van der Waals surface area contributed by atoms with Crippen molar-refractivity contribution in [2.45, 2.75) is 50.3 Å². The molecule has 0 aromatic rings. The molecule has 0 amide bonds. The maximum atomic E-state index is 11.2. The lowest BCUT2D eigenvalue weighted by molar-refractivity contribution is 0.374. The largest absolute Gasteiger partial charge is 0.313 e. The third-order valence-electron chi connectivity index (χ3n) is 3.03. The van der Waals surface area contributed by atoms with Crippen molar-refractivity contribution >= 4 is 9.84 Å². The Hall–Kier alpha value is -0.0900. The molecular weight excluding hydrogens is 198 g/mol. The molecular formula is C10H21NO2S. The van der Waals surface area contributed by atoms with Gasteiger partial charge in [-0.05, 0) is 19.8 Å². The lowest BCUT2D eigenvalue weighted by Gasteiger charge is -2.24. The number of rotatable bonds is 4. The van der Waals surface area contributed by atoms with Crippen LogP contribution >= 0.6 is 0 Å². The van der Waals surface area contributed by atoms with Crippen LogP contribution in [0.4, 0.5) is 0 Å². The van der Waals surface area contributed by atoms with Gasteiger partial charge >= 0.3 is 0 Å². The second-order valence-electron chi connectivity index (χ2n) is 4.38. The van der Waals surface area contributed by atoms with Crippen LogP contribution in [0.15, 0.2) is 0 Å². The van der Waals surface area contributed by atoms with Gasteiger partial charge in [0.2, 0.25) is 0 Å². The highest BCUT2D eigenvalue weighted by molar-refractivity contribution is 7.91. The van der Waals surface area contributed by atoms with Crippen molar-refractivity contribution in [1.82, 2.24) is 5.32 Å². The van der Waals surface area contributed by atoms with Crippen molar-refractivity contribution in [1.29, 1.82) is 0 Å². The van der Waals surface area contributed by atoms with E-state index in [2.05, 4.69) is 5.32 Å². The van der Waals surface area contributed by atoms with Crippen molar-refractivity contribution in [3.63, 3.8) is 0 Å². The van der Waals surface area contributed by atoms with Crippen molar-refractivity contribution < 1.29 is 8.42 Å². The summed E-state index contributed by atoms with van der Waals surface area (Å²) in [5.41, 5.74) is 0. The van der Waals surface area contributed by atoms with Crippen molar-refractivity contribution in [2.24, 2.45) is 0 Å². The van der Waals surface area contributed by atoms with Gasteiger partial charge in [-0.3, -0.25) is 0 Å². The van der Waals surface area contributed by atoms with E-state index in [1.54, 1.807) is 6.92 Å². The fourth-order valence-electron chi connectivity index (χ4n) is 1.79. The SMILES string of the molecule is CC(CNC1CCCCC1)S(C)(=O)=O. The first-order valence-electron chi connectivity index (χ1n) is 5.42. The van der Waals surface area contributed by atoms with E-state index in [1.807, 2.05) is 0 Å². The Morgan fingerprint density at radius 3 is 2.36 bits per heavy atom. The van der Waals surface area contributed by atoms with Gasteiger partial charge in [-0.1, -0.05) is 19.3 Å². The fraction of sp³-hybridized carbons (Fsp3) is 1.00. The first-order chi connectivity index (χ1) is 6.50. The number of hydrogen-bond donors (Lipinski definition) is 1. The predicted molar refractivity (Wildman–Crippen MR) is 59.2 cm³/mol. The highest BCUT2D eigenvalue weighted by Crippen LogP contribution is 2.17. The Kier molecular flexibility index (Phi) is 4.38. The van der Waals surface area contributed by atoms with Crippen molar-refractivity contribution in [3.8, 4) is 0 Å². The van der Waals surface area contributed by atoms with Gasteiger partial charge in [-0.25, -0.2) is 8.42 Å². The van der Waals surface area contributed by atoms with E-state index in [9.17, 15) is 8.42 Å². The van der Waals surface area contributed by atoms with Crippen LogP contribution in [-0.2, 0) is 9.84 Å². The third kappa shape index (κ3) is 3.96. The maximum absolute atomic E-state index is 11.2. The van der Waals surface area contributed by atoms with Crippen LogP contribution in [0.1, 0.15) is 39.0 Å². The second kappa shape index (κ2) is 5.12. The summed E-state index contributed by atoms with van der Waals surface area (Å²) in [5.74, 6) is 0. The van der Waals surface area contributed by atoms with Gasteiger partial charge in [0.25, 0.3) is 0 Å². The molecule has 0 saturated heterocycles. The molecule has 1 rings (SSSR count). The molecule has 0 aromatic heterocycles. The van der Waals surface area contributed by atoms with E-state index in [-0.39, 0.29) is 5.25 Å². The summed E-state index contributed by atoms with van der Waals surface area (Å²) in [6, 6.07) is 0.549. The first kappa shape index (κ1) is 12.0. The molecule has 1 fully saturated rings. The molecule has 4 heteroatoms. The van der Waals surface area contributed by atoms with Gasteiger partial charge < -0.3 is 5.32 Å².